The molecule has 0 bridgehead atoms. The summed E-state index contributed by atoms with van der Waals surface area (Å²) in [6.45, 7) is 2.34. The second-order valence-electron chi connectivity index (χ2n) is 4.52. The molecule has 2 N–H and O–H groups in total. The van der Waals surface area contributed by atoms with Crippen molar-refractivity contribution in [2.75, 3.05) is 11.6 Å². The summed E-state index contributed by atoms with van der Waals surface area (Å²) in [4.78, 5) is 16.1. The van der Waals surface area contributed by atoms with Crippen molar-refractivity contribution in [2.45, 2.75) is 19.5 Å². The van der Waals surface area contributed by atoms with Crippen molar-refractivity contribution < 1.29 is 9.21 Å². The molecule has 1 fully saturated rings. The highest BCUT2D eigenvalue weighted by Gasteiger charge is 2.21. The normalized spacial score (nSPS) is 18.9. The molecule has 6 heteroatoms. The van der Waals surface area contributed by atoms with E-state index >= 15 is 0 Å². The SMILES string of the molecule is Cc1nc2cc(CNC(=O)C3CSCN3)ccc2o1. The largest absolute Gasteiger partial charge is 0.441 e. The molecule has 1 atom stereocenters. The molecule has 1 aliphatic rings. The summed E-state index contributed by atoms with van der Waals surface area (Å²) in [5.74, 6) is 2.40. The number of thioether (sulfide) groups is 1. The number of fused-ring (bicyclic) bond motifs is 1. The molecule has 1 aromatic carbocycles. The Morgan fingerprint density at radius 3 is 3.32 bits per heavy atom. The van der Waals surface area contributed by atoms with E-state index in [2.05, 4.69) is 15.6 Å². The first-order valence-electron chi connectivity index (χ1n) is 6.17. The van der Waals surface area contributed by atoms with Gasteiger partial charge in [0.2, 0.25) is 5.91 Å². The van der Waals surface area contributed by atoms with Gasteiger partial charge in [0.05, 0.1) is 6.04 Å². The van der Waals surface area contributed by atoms with Gasteiger partial charge in [0.15, 0.2) is 11.5 Å². The lowest BCUT2D eigenvalue weighted by atomic mass is 10.2. The molecular formula is C13H15N3O2S. The summed E-state index contributed by atoms with van der Waals surface area (Å²) in [7, 11) is 0. The van der Waals surface area contributed by atoms with Crippen molar-refractivity contribution in [3.05, 3.63) is 29.7 Å². The predicted octanol–water partition coefficient (Wildman–Crippen LogP) is 1.41. The Bertz CT molecular complexity index is 605. The summed E-state index contributed by atoms with van der Waals surface area (Å²) in [5.41, 5.74) is 2.64. The Morgan fingerprint density at radius 1 is 1.63 bits per heavy atom. The molecule has 2 aromatic rings. The van der Waals surface area contributed by atoms with Gasteiger partial charge in [-0.25, -0.2) is 4.98 Å². The zero-order chi connectivity index (χ0) is 13.2. The van der Waals surface area contributed by atoms with Crippen LogP contribution in [0.1, 0.15) is 11.5 Å². The van der Waals surface area contributed by atoms with Crippen LogP contribution in [-0.2, 0) is 11.3 Å². The third kappa shape index (κ3) is 2.74. The molecule has 1 aliphatic heterocycles. The molecule has 19 heavy (non-hydrogen) atoms. The van der Waals surface area contributed by atoms with Crippen molar-refractivity contribution >= 4 is 28.8 Å². The van der Waals surface area contributed by atoms with Crippen LogP contribution in [0.25, 0.3) is 11.1 Å². The first-order valence-corrected chi connectivity index (χ1v) is 7.33. The van der Waals surface area contributed by atoms with Crippen molar-refractivity contribution in [3.63, 3.8) is 0 Å². The molecule has 0 spiro atoms. The van der Waals surface area contributed by atoms with Gasteiger partial charge < -0.3 is 9.73 Å². The number of aromatic nitrogens is 1. The molecule has 0 radical (unpaired) electrons. The quantitative estimate of drug-likeness (QED) is 0.888. The van der Waals surface area contributed by atoms with Crippen LogP contribution in [0.3, 0.4) is 0 Å². The molecule has 5 nitrogen and oxygen atoms in total. The van der Waals surface area contributed by atoms with Gasteiger partial charge in [-0.2, -0.15) is 0 Å². The Morgan fingerprint density at radius 2 is 2.53 bits per heavy atom. The molecule has 0 saturated carbocycles. The van der Waals surface area contributed by atoms with Crippen LogP contribution in [0, 0.1) is 6.92 Å². The summed E-state index contributed by atoms with van der Waals surface area (Å²) in [6, 6.07) is 5.72. The molecule has 1 unspecified atom stereocenters. The zero-order valence-electron chi connectivity index (χ0n) is 10.6. The van der Waals surface area contributed by atoms with Crippen molar-refractivity contribution in [3.8, 4) is 0 Å². The average molecular weight is 277 g/mol. The van der Waals surface area contributed by atoms with Crippen molar-refractivity contribution in [1.82, 2.24) is 15.6 Å². The fourth-order valence-corrected chi connectivity index (χ4v) is 3.02. The van der Waals surface area contributed by atoms with Crippen LogP contribution in [0.2, 0.25) is 0 Å². The van der Waals surface area contributed by atoms with Crippen LogP contribution in [-0.4, -0.2) is 28.6 Å². The first kappa shape index (κ1) is 12.5. The lowest BCUT2D eigenvalue weighted by Crippen LogP contribution is -2.41. The summed E-state index contributed by atoms with van der Waals surface area (Å²) >= 11 is 1.74. The number of nitrogens with one attached hydrogen (secondary N) is 2. The minimum atomic E-state index is -0.0666. The first-order chi connectivity index (χ1) is 9.22. The summed E-state index contributed by atoms with van der Waals surface area (Å²) < 4.78 is 5.42. The second-order valence-corrected chi connectivity index (χ2v) is 5.55. The molecule has 3 rings (SSSR count). The van der Waals surface area contributed by atoms with E-state index in [9.17, 15) is 4.79 Å². The Balaban J connectivity index is 1.65. The Kier molecular flexibility index (Phi) is 3.44. The van der Waals surface area contributed by atoms with E-state index in [0.29, 0.717) is 12.4 Å². The number of hydrogen-bond acceptors (Lipinski definition) is 5. The fourth-order valence-electron chi connectivity index (χ4n) is 2.07. The molecule has 1 aromatic heterocycles. The number of nitrogens with zero attached hydrogens (tertiary/aromatic N) is 1. The number of aryl methyl sites for hydroxylation is 1. The number of hydrogen-bond donors (Lipinski definition) is 2. The van der Waals surface area contributed by atoms with Crippen LogP contribution < -0.4 is 10.6 Å². The van der Waals surface area contributed by atoms with E-state index < -0.39 is 0 Å². The van der Waals surface area contributed by atoms with E-state index in [-0.39, 0.29) is 11.9 Å². The van der Waals surface area contributed by atoms with E-state index in [1.165, 1.54) is 0 Å². The van der Waals surface area contributed by atoms with Crippen LogP contribution in [0.15, 0.2) is 22.6 Å². The maximum absolute atomic E-state index is 11.9. The third-order valence-corrected chi connectivity index (χ3v) is 4.00. The van der Waals surface area contributed by atoms with Crippen molar-refractivity contribution in [2.24, 2.45) is 0 Å². The predicted molar refractivity (Wildman–Crippen MR) is 74.8 cm³/mol. The van der Waals surface area contributed by atoms with Crippen LogP contribution >= 0.6 is 11.8 Å². The van der Waals surface area contributed by atoms with Gasteiger partial charge in [0.25, 0.3) is 0 Å². The summed E-state index contributed by atoms with van der Waals surface area (Å²) in [5, 5.41) is 6.09. The van der Waals surface area contributed by atoms with E-state index in [0.717, 1.165) is 28.3 Å². The van der Waals surface area contributed by atoms with E-state index in [1.54, 1.807) is 11.8 Å². The smallest absolute Gasteiger partial charge is 0.238 e. The van der Waals surface area contributed by atoms with Gasteiger partial charge in [-0.1, -0.05) is 6.07 Å². The maximum Gasteiger partial charge on any atom is 0.238 e. The number of carbonyl (C=O) groups excluding carboxylic acids is 1. The standard InChI is InChI=1S/C13H15N3O2S/c1-8-16-10-4-9(2-3-12(10)18-8)5-14-13(17)11-6-19-7-15-11/h2-4,11,15H,5-7H2,1H3,(H,14,17). The van der Waals surface area contributed by atoms with Gasteiger partial charge in [-0.3, -0.25) is 10.1 Å². The number of amides is 1. The topological polar surface area (TPSA) is 67.2 Å². The lowest BCUT2D eigenvalue weighted by Gasteiger charge is -2.10. The number of oxazole rings is 1. The van der Waals surface area contributed by atoms with Gasteiger partial charge in [0, 0.05) is 25.1 Å². The summed E-state index contributed by atoms with van der Waals surface area (Å²) in [6.07, 6.45) is 0. The van der Waals surface area contributed by atoms with Gasteiger partial charge in [-0.15, -0.1) is 11.8 Å². The number of rotatable bonds is 3. The van der Waals surface area contributed by atoms with E-state index in [1.807, 2.05) is 25.1 Å². The molecule has 2 heterocycles. The highest BCUT2D eigenvalue weighted by Crippen LogP contribution is 2.16. The molecule has 1 saturated heterocycles. The third-order valence-electron chi connectivity index (χ3n) is 3.06. The van der Waals surface area contributed by atoms with E-state index in [4.69, 9.17) is 4.42 Å². The van der Waals surface area contributed by atoms with Crippen LogP contribution in [0.5, 0.6) is 0 Å². The maximum atomic E-state index is 11.9. The Labute approximate surface area is 115 Å². The molecule has 1 amide bonds. The van der Waals surface area contributed by atoms with Gasteiger partial charge in [0.1, 0.15) is 5.52 Å². The highest BCUT2D eigenvalue weighted by atomic mass is 32.2. The Hall–Kier alpha value is -1.53. The monoisotopic (exact) mass is 277 g/mol. The minimum Gasteiger partial charge on any atom is -0.441 e. The van der Waals surface area contributed by atoms with Crippen LogP contribution in [0.4, 0.5) is 0 Å². The van der Waals surface area contributed by atoms with Gasteiger partial charge >= 0.3 is 0 Å². The average Bonchev–Trinajstić information content (AvgIpc) is 3.03. The molecular weight excluding hydrogens is 262 g/mol. The van der Waals surface area contributed by atoms with Gasteiger partial charge in [-0.05, 0) is 17.7 Å². The number of carbonyl (C=O) groups is 1. The second kappa shape index (κ2) is 5.22. The molecule has 100 valence electrons. The van der Waals surface area contributed by atoms with Crippen molar-refractivity contribution in [1.29, 1.82) is 0 Å². The fraction of sp³-hybridized carbons (Fsp3) is 0.385. The highest BCUT2D eigenvalue weighted by molar-refractivity contribution is 7.99. The number of benzene rings is 1. The lowest BCUT2D eigenvalue weighted by molar-refractivity contribution is -0.122. The molecule has 0 aliphatic carbocycles. The zero-order valence-corrected chi connectivity index (χ0v) is 11.4. The minimum absolute atomic E-state index is 0.0569.